The van der Waals surface area contributed by atoms with E-state index < -0.39 is 11.6 Å². The summed E-state index contributed by atoms with van der Waals surface area (Å²) in [6.07, 6.45) is 3.08. The molecule has 4 heteroatoms. The Labute approximate surface area is 114 Å². The lowest BCUT2D eigenvalue weighted by atomic mass is 10.0. The Morgan fingerprint density at radius 3 is 1.45 bits per heavy atom. The molecule has 2 heterocycles. The van der Waals surface area contributed by atoms with Crippen LogP contribution in [0.1, 0.15) is 0 Å². The van der Waals surface area contributed by atoms with Crippen molar-refractivity contribution >= 4 is 0 Å². The molecule has 0 amide bonds. The first kappa shape index (κ1) is 12.4. The van der Waals surface area contributed by atoms with Crippen molar-refractivity contribution in [2.45, 2.75) is 0 Å². The predicted molar refractivity (Wildman–Crippen MR) is 72.8 cm³/mol. The summed E-state index contributed by atoms with van der Waals surface area (Å²) in [6.45, 7) is 0. The normalized spacial score (nSPS) is 10.5. The predicted octanol–water partition coefficient (Wildman–Crippen LogP) is 4.09. The van der Waals surface area contributed by atoms with Gasteiger partial charge in [-0.25, -0.2) is 8.78 Å². The van der Waals surface area contributed by atoms with Crippen LogP contribution in [0.5, 0.6) is 0 Å². The SMILES string of the molecule is Fc1cc(-c2ccccn2)c(F)cc1-c1ccccn1. The lowest BCUT2D eigenvalue weighted by molar-refractivity contribution is 0.605. The van der Waals surface area contributed by atoms with Gasteiger partial charge in [0.05, 0.1) is 11.4 Å². The fourth-order valence-corrected chi connectivity index (χ4v) is 1.98. The monoisotopic (exact) mass is 268 g/mol. The van der Waals surface area contributed by atoms with Crippen molar-refractivity contribution in [3.63, 3.8) is 0 Å². The fraction of sp³-hybridized carbons (Fsp3) is 0. The molecule has 3 aromatic rings. The van der Waals surface area contributed by atoms with E-state index in [4.69, 9.17) is 0 Å². The van der Waals surface area contributed by atoms with Crippen molar-refractivity contribution in [3.8, 4) is 22.5 Å². The summed E-state index contributed by atoms with van der Waals surface area (Å²) in [5.74, 6) is -1.04. The second kappa shape index (κ2) is 5.17. The van der Waals surface area contributed by atoms with Crippen molar-refractivity contribution in [2.24, 2.45) is 0 Å². The minimum absolute atomic E-state index is 0.141. The third-order valence-electron chi connectivity index (χ3n) is 2.94. The van der Waals surface area contributed by atoms with Crippen LogP contribution in [-0.4, -0.2) is 9.97 Å². The molecular weight excluding hydrogens is 258 g/mol. The maximum absolute atomic E-state index is 14.2. The molecule has 0 fully saturated rings. The van der Waals surface area contributed by atoms with E-state index in [2.05, 4.69) is 9.97 Å². The van der Waals surface area contributed by atoms with Crippen molar-refractivity contribution in [1.29, 1.82) is 0 Å². The summed E-state index contributed by atoms with van der Waals surface area (Å²) in [4.78, 5) is 8.06. The lowest BCUT2D eigenvalue weighted by Crippen LogP contribution is -1.94. The van der Waals surface area contributed by atoms with Crippen LogP contribution in [0.25, 0.3) is 22.5 Å². The highest BCUT2D eigenvalue weighted by atomic mass is 19.1. The second-order valence-corrected chi connectivity index (χ2v) is 4.24. The quantitative estimate of drug-likeness (QED) is 0.699. The molecule has 0 bridgehead atoms. The van der Waals surface area contributed by atoms with E-state index in [9.17, 15) is 8.78 Å². The third-order valence-corrected chi connectivity index (χ3v) is 2.94. The van der Waals surface area contributed by atoms with E-state index in [1.165, 1.54) is 0 Å². The fourth-order valence-electron chi connectivity index (χ4n) is 1.98. The van der Waals surface area contributed by atoms with Gasteiger partial charge in [0.15, 0.2) is 0 Å². The molecule has 0 aliphatic rings. The molecule has 0 saturated heterocycles. The summed E-state index contributed by atoms with van der Waals surface area (Å²) in [5, 5.41) is 0. The van der Waals surface area contributed by atoms with Crippen LogP contribution >= 0.6 is 0 Å². The van der Waals surface area contributed by atoms with Gasteiger partial charge in [-0.2, -0.15) is 0 Å². The average Bonchev–Trinajstić information content (AvgIpc) is 2.51. The lowest BCUT2D eigenvalue weighted by Gasteiger charge is -2.07. The van der Waals surface area contributed by atoms with Crippen molar-refractivity contribution < 1.29 is 8.78 Å². The number of nitrogens with zero attached hydrogens (tertiary/aromatic N) is 2. The van der Waals surface area contributed by atoms with Crippen LogP contribution < -0.4 is 0 Å². The Morgan fingerprint density at radius 1 is 0.650 bits per heavy atom. The average molecular weight is 268 g/mol. The zero-order valence-corrected chi connectivity index (χ0v) is 10.4. The number of hydrogen-bond donors (Lipinski definition) is 0. The molecule has 1 aromatic carbocycles. The second-order valence-electron chi connectivity index (χ2n) is 4.24. The Hall–Kier alpha value is -2.62. The summed E-state index contributed by atoms with van der Waals surface area (Å²) in [5.41, 5.74) is 1.08. The molecule has 20 heavy (non-hydrogen) atoms. The highest BCUT2D eigenvalue weighted by Gasteiger charge is 2.14. The molecule has 3 rings (SSSR count). The van der Waals surface area contributed by atoms with Gasteiger partial charge in [-0.05, 0) is 36.4 Å². The maximum Gasteiger partial charge on any atom is 0.133 e. The zero-order chi connectivity index (χ0) is 13.9. The van der Waals surface area contributed by atoms with Gasteiger partial charge in [0, 0.05) is 23.5 Å². The highest BCUT2D eigenvalue weighted by molar-refractivity contribution is 5.68. The van der Waals surface area contributed by atoms with Gasteiger partial charge in [-0.1, -0.05) is 12.1 Å². The molecule has 0 spiro atoms. The van der Waals surface area contributed by atoms with Gasteiger partial charge in [-0.3, -0.25) is 9.97 Å². The molecule has 2 nitrogen and oxygen atoms in total. The van der Waals surface area contributed by atoms with Gasteiger partial charge in [-0.15, -0.1) is 0 Å². The van der Waals surface area contributed by atoms with Crippen LogP contribution in [0.4, 0.5) is 8.78 Å². The summed E-state index contributed by atoms with van der Waals surface area (Å²) in [7, 11) is 0. The van der Waals surface area contributed by atoms with E-state index in [1.54, 1.807) is 48.8 Å². The molecule has 98 valence electrons. The Kier molecular flexibility index (Phi) is 3.21. The Balaban J connectivity index is 2.13. The summed E-state index contributed by atoms with van der Waals surface area (Å²) >= 11 is 0. The minimum Gasteiger partial charge on any atom is -0.256 e. The molecule has 2 aromatic heterocycles. The van der Waals surface area contributed by atoms with E-state index in [1.807, 2.05) is 0 Å². The number of hydrogen-bond acceptors (Lipinski definition) is 2. The Bertz CT molecular complexity index is 663. The highest BCUT2D eigenvalue weighted by Crippen LogP contribution is 2.28. The first-order valence-corrected chi connectivity index (χ1v) is 6.07. The third kappa shape index (κ3) is 2.28. The molecule has 0 aliphatic heterocycles. The van der Waals surface area contributed by atoms with Gasteiger partial charge in [0.25, 0.3) is 0 Å². The van der Waals surface area contributed by atoms with E-state index in [0.717, 1.165) is 12.1 Å². The standard InChI is InChI=1S/C16H10F2N2/c17-13-10-12(16-6-2-4-8-20-16)14(18)9-11(13)15-5-1-3-7-19-15/h1-10H. The number of aromatic nitrogens is 2. The minimum atomic E-state index is -0.522. The van der Waals surface area contributed by atoms with Crippen LogP contribution in [0.2, 0.25) is 0 Å². The van der Waals surface area contributed by atoms with Gasteiger partial charge in [0.2, 0.25) is 0 Å². The number of benzene rings is 1. The van der Waals surface area contributed by atoms with Crippen molar-refractivity contribution in [2.75, 3.05) is 0 Å². The molecule has 0 unspecified atom stereocenters. The van der Waals surface area contributed by atoms with Gasteiger partial charge in [0.1, 0.15) is 11.6 Å². The number of rotatable bonds is 2. The summed E-state index contributed by atoms with van der Waals surface area (Å²) in [6, 6.07) is 12.5. The molecule has 0 aliphatic carbocycles. The number of pyridine rings is 2. The first-order valence-electron chi connectivity index (χ1n) is 6.07. The molecule has 0 N–H and O–H groups in total. The van der Waals surface area contributed by atoms with Crippen LogP contribution in [0.3, 0.4) is 0 Å². The van der Waals surface area contributed by atoms with Crippen LogP contribution in [-0.2, 0) is 0 Å². The molecular formula is C16H10F2N2. The van der Waals surface area contributed by atoms with Crippen LogP contribution in [0.15, 0.2) is 60.9 Å². The molecule has 0 saturated carbocycles. The van der Waals surface area contributed by atoms with E-state index in [0.29, 0.717) is 11.4 Å². The topological polar surface area (TPSA) is 25.8 Å². The largest absolute Gasteiger partial charge is 0.256 e. The van der Waals surface area contributed by atoms with Gasteiger partial charge >= 0.3 is 0 Å². The van der Waals surface area contributed by atoms with Gasteiger partial charge < -0.3 is 0 Å². The maximum atomic E-state index is 14.2. The Morgan fingerprint density at radius 2 is 1.10 bits per heavy atom. The van der Waals surface area contributed by atoms with E-state index >= 15 is 0 Å². The van der Waals surface area contributed by atoms with Crippen molar-refractivity contribution in [1.82, 2.24) is 9.97 Å². The molecule has 0 radical (unpaired) electrons. The van der Waals surface area contributed by atoms with Crippen LogP contribution in [0, 0.1) is 11.6 Å². The zero-order valence-electron chi connectivity index (χ0n) is 10.4. The number of halogens is 2. The molecule has 0 atom stereocenters. The smallest absolute Gasteiger partial charge is 0.133 e. The first-order chi connectivity index (χ1) is 9.75. The summed E-state index contributed by atoms with van der Waals surface area (Å²) < 4.78 is 28.3. The van der Waals surface area contributed by atoms with E-state index in [-0.39, 0.29) is 11.1 Å². The van der Waals surface area contributed by atoms with Crippen molar-refractivity contribution in [3.05, 3.63) is 72.6 Å².